The quantitative estimate of drug-likeness (QED) is 0.546. The molecule has 2 N–H and O–H groups in total. The van der Waals surface area contributed by atoms with Crippen molar-refractivity contribution in [3.05, 3.63) is 34.4 Å². The molecule has 0 aliphatic carbocycles. The number of sulfonamides is 1. The number of benzene rings is 1. The Hall–Kier alpha value is -1.26. The molecular formula is C14H22ClN3O5S. The predicted octanol–water partition coefficient (Wildman–Crippen LogP) is 1.31. The molecule has 24 heavy (non-hydrogen) atoms. The molecule has 1 aromatic rings. The highest BCUT2D eigenvalue weighted by Crippen LogP contribution is 2.30. The Balaban J connectivity index is 0.00000288. The van der Waals surface area contributed by atoms with Gasteiger partial charge < -0.3 is 10.1 Å². The molecule has 8 nitrogen and oxygen atoms in total. The van der Waals surface area contributed by atoms with Crippen LogP contribution in [0.15, 0.2) is 29.2 Å². The van der Waals surface area contributed by atoms with E-state index in [-0.39, 0.29) is 29.3 Å². The van der Waals surface area contributed by atoms with E-state index in [2.05, 4.69) is 10.0 Å². The van der Waals surface area contributed by atoms with Crippen LogP contribution in [0, 0.1) is 15.5 Å². The van der Waals surface area contributed by atoms with Gasteiger partial charge in [-0.15, -0.1) is 12.4 Å². The number of ether oxygens (including phenoxy) is 1. The summed E-state index contributed by atoms with van der Waals surface area (Å²) in [7, 11) is -2.38. The van der Waals surface area contributed by atoms with Crippen LogP contribution in [0.25, 0.3) is 0 Å². The molecule has 1 aliphatic heterocycles. The molecule has 0 saturated carbocycles. The molecule has 2 rings (SSSR count). The Kier molecular flexibility index (Phi) is 7.56. The molecule has 0 atom stereocenters. The van der Waals surface area contributed by atoms with Gasteiger partial charge in [0.25, 0.3) is 5.69 Å². The van der Waals surface area contributed by atoms with Gasteiger partial charge in [0.15, 0.2) is 4.90 Å². The second kappa shape index (κ2) is 8.72. The Morgan fingerprint density at radius 3 is 2.54 bits per heavy atom. The molecule has 1 fully saturated rings. The Morgan fingerprint density at radius 2 is 1.96 bits per heavy atom. The van der Waals surface area contributed by atoms with E-state index in [0.717, 1.165) is 25.9 Å². The van der Waals surface area contributed by atoms with Crippen LogP contribution in [-0.4, -0.2) is 46.7 Å². The first-order chi connectivity index (χ1) is 10.9. The average Bonchev–Trinajstić information content (AvgIpc) is 2.54. The highest BCUT2D eigenvalue weighted by molar-refractivity contribution is 7.89. The lowest BCUT2D eigenvalue weighted by Crippen LogP contribution is -2.47. The molecule has 136 valence electrons. The Bertz CT molecular complexity index is 657. The number of nitrogens with one attached hydrogen (secondary N) is 2. The second-order valence-corrected chi connectivity index (χ2v) is 7.47. The molecule has 0 spiro atoms. The summed E-state index contributed by atoms with van der Waals surface area (Å²) in [5.41, 5.74) is -0.720. The summed E-state index contributed by atoms with van der Waals surface area (Å²) in [4.78, 5) is 10.0. The number of para-hydroxylation sites is 1. The van der Waals surface area contributed by atoms with Crippen LogP contribution in [0.3, 0.4) is 0 Å². The van der Waals surface area contributed by atoms with Crippen molar-refractivity contribution >= 4 is 28.1 Å². The summed E-state index contributed by atoms with van der Waals surface area (Å²) in [5.74, 6) is 0. The Morgan fingerprint density at radius 1 is 1.33 bits per heavy atom. The lowest BCUT2D eigenvalue weighted by Gasteiger charge is -2.37. The van der Waals surface area contributed by atoms with Crippen molar-refractivity contribution in [1.82, 2.24) is 10.0 Å². The van der Waals surface area contributed by atoms with E-state index in [0.29, 0.717) is 6.61 Å². The van der Waals surface area contributed by atoms with Crippen molar-refractivity contribution in [3.8, 4) is 0 Å². The van der Waals surface area contributed by atoms with Gasteiger partial charge in [-0.25, -0.2) is 13.1 Å². The van der Waals surface area contributed by atoms with Gasteiger partial charge in [-0.3, -0.25) is 10.1 Å². The number of nitro benzene ring substituents is 1. The van der Waals surface area contributed by atoms with Crippen LogP contribution in [0.4, 0.5) is 5.69 Å². The van der Waals surface area contributed by atoms with Crippen molar-refractivity contribution in [1.29, 1.82) is 0 Å². The smallest absolute Gasteiger partial charge is 0.289 e. The predicted molar refractivity (Wildman–Crippen MR) is 91.9 cm³/mol. The number of nitro groups is 1. The summed E-state index contributed by atoms with van der Waals surface area (Å²) in [6, 6.07) is 5.34. The molecule has 0 radical (unpaired) electrons. The van der Waals surface area contributed by atoms with Gasteiger partial charge in [-0.05, 0) is 32.0 Å². The standard InChI is InChI=1S/C14H21N3O5S.ClH/c1-22-11-14(6-8-15-9-7-14)10-16-23(20,21)13-5-3-2-4-12(13)17(18)19;/h2-5,15-16H,6-11H2,1H3;1H. The maximum Gasteiger partial charge on any atom is 0.289 e. The fourth-order valence-electron chi connectivity index (χ4n) is 2.80. The number of hydrogen-bond acceptors (Lipinski definition) is 6. The fraction of sp³-hybridized carbons (Fsp3) is 0.571. The van der Waals surface area contributed by atoms with Crippen LogP contribution in [-0.2, 0) is 14.8 Å². The number of halogens is 1. The van der Waals surface area contributed by atoms with Crippen molar-refractivity contribution < 1.29 is 18.1 Å². The third kappa shape index (κ3) is 4.87. The van der Waals surface area contributed by atoms with Crippen LogP contribution in [0.2, 0.25) is 0 Å². The normalized spacial score (nSPS) is 17.0. The number of hydrogen-bond donors (Lipinski definition) is 2. The van der Waals surface area contributed by atoms with Gasteiger partial charge in [0.2, 0.25) is 10.0 Å². The van der Waals surface area contributed by atoms with Crippen molar-refractivity contribution in [2.45, 2.75) is 17.7 Å². The second-order valence-electron chi connectivity index (χ2n) is 5.73. The van der Waals surface area contributed by atoms with Crippen molar-refractivity contribution in [2.75, 3.05) is 33.4 Å². The summed E-state index contributed by atoms with van der Waals surface area (Å²) >= 11 is 0. The zero-order chi connectivity index (χ0) is 16.9. The molecule has 1 aromatic carbocycles. The van der Waals surface area contributed by atoms with Crippen molar-refractivity contribution in [2.24, 2.45) is 5.41 Å². The summed E-state index contributed by atoms with van der Waals surface area (Å²) in [6.45, 7) is 2.21. The first-order valence-corrected chi connectivity index (χ1v) is 8.81. The number of piperidine rings is 1. The largest absolute Gasteiger partial charge is 0.384 e. The molecule has 0 unspecified atom stereocenters. The molecule has 1 saturated heterocycles. The van der Waals surface area contributed by atoms with Gasteiger partial charge in [0.1, 0.15) is 0 Å². The van der Waals surface area contributed by atoms with Crippen molar-refractivity contribution in [3.63, 3.8) is 0 Å². The summed E-state index contributed by atoms with van der Waals surface area (Å²) in [5, 5.41) is 14.3. The molecule has 10 heteroatoms. The number of rotatable bonds is 7. The molecular weight excluding hydrogens is 358 g/mol. The van der Waals surface area contributed by atoms with E-state index < -0.39 is 20.6 Å². The van der Waals surface area contributed by atoms with E-state index in [1.54, 1.807) is 7.11 Å². The monoisotopic (exact) mass is 379 g/mol. The fourth-order valence-corrected chi connectivity index (χ4v) is 4.12. The topological polar surface area (TPSA) is 111 Å². The van der Waals surface area contributed by atoms with Gasteiger partial charge >= 0.3 is 0 Å². The zero-order valence-corrected chi connectivity index (χ0v) is 15.0. The van der Waals surface area contributed by atoms with E-state index in [9.17, 15) is 18.5 Å². The van der Waals surface area contributed by atoms with Crippen LogP contribution in [0.1, 0.15) is 12.8 Å². The first kappa shape index (κ1) is 20.8. The van der Waals surface area contributed by atoms with E-state index >= 15 is 0 Å². The number of methoxy groups -OCH3 is 1. The van der Waals surface area contributed by atoms with Crippen LogP contribution in [0.5, 0.6) is 0 Å². The Labute approximate surface area is 147 Å². The number of nitrogens with zero attached hydrogens (tertiary/aromatic N) is 1. The van der Waals surface area contributed by atoms with Gasteiger partial charge in [0.05, 0.1) is 11.5 Å². The highest BCUT2D eigenvalue weighted by Gasteiger charge is 2.34. The summed E-state index contributed by atoms with van der Waals surface area (Å²) in [6.07, 6.45) is 1.56. The lowest BCUT2D eigenvalue weighted by atomic mass is 9.80. The summed E-state index contributed by atoms with van der Waals surface area (Å²) < 4.78 is 32.7. The lowest BCUT2D eigenvalue weighted by molar-refractivity contribution is -0.387. The molecule has 1 heterocycles. The third-order valence-corrected chi connectivity index (χ3v) is 5.55. The van der Waals surface area contributed by atoms with E-state index in [4.69, 9.17) is 4.74 Å². The average molecular weight is 380 g/mol. The molecule has 0 aromatic heterocycles. The van der Waals surface area contributed by atoms with Crippen LogP contribution >= 0.6 is 12.4 Å². The van der Waals surface area contributed by atoms with Gasteiger partial charge in [0, 0.05) is 25.1 Å². The molecule has 0 amide bonds. The molecule has 0 bridgehead atoms. The molecule has 1 aliphatic rings. The minimum absolute atomic E-state index is 0. The van der Waals surface area contributed by atoms with Crippen LogP contribution < -0.4 is 10.0 Å². The van der Waals surface area contributed by atoms with Gasteiger partial charge in [-0.1, -0.05) is 12.1 Å². The first-order valence-electron chi connectivity index (χ1n) is 7.33. The maximum atomic E-state index is 12.5. The van der Waals surface area contributed by atoms with E-state index in [1.165, 1.54) is 24.3 Å². The minimum Gasteiger partial charge on any atom is -0.384 e. The maximum absolute atomic E-state index is 12.5. The third-order valence-electron chi connectivity index (χ3n) is 4.10. The highest BCUT2D eigenvalue weighted by atomic mass is 35.5. The SMILES string of the molecule is COCC1(CNS(=O)(=O)c2ccccc2[N+](=O)[O-])CCNCC1.Cl. The zero-order valence-electron chi connectivity index (χ0n) is 13.4. The van der Waals surface area contributed by atoms with E-state index in [1.807, 2.05) is 0 Å². The van der Waals surface area contributed by atoms with Gasteiger partial charge in [-0.2, -0.15) is 0 Å². The minimum atomic E-state index is -3.96.